The number of halogens is 1. The Morgan fingerprint density at radius 3 is 2.10 bits per heavy atom. The van der Waals surface area contributed by atoms with Crippen LogP contribution >= 0.6 is 23.5 Å². The average molecular weight is 188 g/mol. The lowest BCUT2D eigenvalue weighted by Crippen LogP contribution is -1.90. The van der Waals surface area contributed by atoms with Crippen LogP contribution in [0.3, 0.4) is 0 Å². The molecule has 10 heavy (non-hydrogen) atoms. The number of hydrogen-bond acceptors (Lipinski definition) is 2. The second-order valence-corrected chi connectivity index (χ2v) is 2.22. The van der Waals surface area contributed by atoms with Gasteiger partial charge in [-0.3, -0.25) is 0 Å². The summed E-state index contributed by atoms with van der Waals surface area (Å²) in [6, 6.07) is 0. The van der Waals surface area contributed by atoms with Crippen LogP contribution in [0.4, 0.5) is 0 Å². The molecule has 4 nitrogen and oxygen atoms in total. The number of allylic oxidation sites excluding steroid dienone is 2. The van der Waals surface area contributed by atoms with Crippen LogP contribution in [0.5, 0.6) is 0 Å². The molecule has 0 saturated carbocycles. The zero-order valence-corrected chi connectivity index (χ0v) is 6.59. The van der Waals surface area contributed by atoms with Gasteiger partial charge in [0.1, 0.15) is 0 Å². The van der Waals surface area contributed by atoms with Gasteiger partial charge in [-0.25, -0.2) is 0 Å². The lowest BCUT2D eigenvalue weighted by Gasteiger charge is -1.97. The minimum absolute atomic E-state index is 0. The Bertz CT molecular complexity index is 128. The summed E-state index contributed by atoms with van der Waals surface area (Å²) in [6.07, 6.45) is 3.60. The van der Waals surface area contributed by atoms with E-state index in [2.05, 4.69) is 4.72 Å². The molecule has 0 saturated heterocycles. The van der Waals surface area contributed by atoms with Gasteiger partial charge in [0.25, 0.3) is 0 Å². The molecule has 0 unspecified atom stereocenters. The maximum atomic E-state index is 5.53. The van der Waals surface area contributed by atoms with E-state index in [4.69, 9.17) is 11.6 Å². The Balaban J connectivity index is -0.000000163. The van der Waals surface area contributed by atoms with Crippen LogP contribution in [0.1, 0.15) is 0 Å². The van der Waals surface area contributed by atoms with Crippen molar-refractivity contribution in [3.63, 3.8) is 0 Å². The molecule has 0 fully saturated rings. The minimum atomic E-state index is 0. The van der Waals surface area contributed by atoms with Gasteiger partial charge in [-0.05, 0) is 18.0 Å². The van der Waals surface area contributed by atoms with Crippen LogP contribution in [0.25, 0.3) is 0 Å². The topological polar surface area (TPSA) is 107 Å². The highest BCUT2D eigenvalue weighted by molar-refractivity contribution is 8.00. The zero-order valence-electron chi connectivity index (χ0n) is 5.02. The van der Waals surface area contributed by atoms with E-state index in [0.717, 1.165) is 5.03 Å². The summed E-state index contributed by atoms with van der Waals surface area (Å²) in [4.78, 5) is 0. The van der Waals surface area contributed by atoms with Crippen LogP contribution in [-0.4, -0.2) is 16.4 Å². The van der Waals surface area contributed by atoms with E-state index in [1.54, 1.807) is 12.3 Å². The van der Waals surface area contributed by atoms with Crippen molar-refractivity contribution in [2.45, 2.75) is 0 Å². The van der Waals surface area contributed by atoms with Gasteiger partial charge in [-0.2, -0.15) is 0 Å². The van der Waals surface area contributed by atoms with Gasteiger partial charge in [0.15, 0.2) is 0 Å². The molecule has 62 valence electrons. The smallest absolute Gasteiger partial charge is 0.0501 e. The molecule has 0 spiro atoms. The van der Waals surface area contributed by atoms with Crippen LogP contribution in [0, 0.1) is 0 Å². The van der Waals surface area contributed by atoms with E-state index in [0.29, 0.717) is 0 Å². The normalized spacial score (nSPS) is 12.7. The van der Waals surface area contributed by atoms with E-state index < -0.39 is 0 Å². The Labute approximate surface area is 68.0 Å². The quantitative estimate of drug-likeness (QED) is 0.509. The number of hydrogen-bond donors (Lipinski definition) is 1. The minimum Gasteiger partial charge on any atom is -0.412 e. The standard InChI is InChI=1S/C4H4ClNS.3H2O/c5-4-1-2-6-7-3-4;;;/h1-3,6H;3*1H2. The maximum absolute atomic E-state index is 5.53. The molecule has 1 aliphatic heterocycles. The van der Waals surface area contributed by atoms with Gasteiger partial charge in [-0.15, -0.1) is 0 Å². The van der Waals surface area contributed by atoms with Gasteiger partial charge < -0.3 is 21.2 Å². The Morgan fingerprint density at radius 1 is 1.30 bits per heavy atom. The lowest BCUT2D eigenvalue weighted by atomic mass is 10.6. The molecule has 0 aromatic carbocycles. The van der Waals surface area contributed by atoms with Crippen molar-refractivity contribution >= 4 is 23.5 Å². The predicted molar refractivity (Wildman–Crippen MR) is 44.6 cm³/mol. The SMILES string of the molecule is ClC1=CSNC=C1.O.O.O. The Morgan fingerprint density at radius 2 is 1.90 bits per heavy atom. The van der Waals surface area contributed by atoms with Gasteiger partial charge in [0.2, 0.25) is 0 Å². The summed E-state index contributed by atoms with van der Waals surface area (Å²) >= 11 is 7.00. The zero-order chi connectivity index (χ0) is 5.11. The fourth-order valence-corrected chi connectivity index (χ4v) is 0.885. The van der Waals surface area contributed by atoms with Crippen molar-refractivity contribution < 1.29 is 16.4 Å². The third kappa shape index (κ3) is 5.93. The highest BCUT2D eigenvalue weighted by atomic mass is 35.5. The monoisotopic (exact) mass is 187 g/mol. The summed E-state index contributed by atoms with van der Waals surface area (Å²) < 4.78 is 2.89. The molecule has 0 atom stereocenters. The molecule has 1 rings (SSSR count). The highest BCUT2D eigenvalue weighted by Crippen LogP contribution is 2.12. The fraction of sp³-hybridized carbons (Fsp3) is 0. The first-order chi connectivity index (χ1) is 3.39. The average Bonchev–Trinajstić information content (AvgIpc) is 1.69. The van der Waals surface area contributed by atoms with Gasteiger partial charge in [-0.1, -0.05) is 11.6 Å². The van der Waals surface area contributed by atoms with E-state index in [9.17, 15) is 0 Å². The van der Waals surface area contributed by atoms with E-state index in [-0.39, 0.29) is 16.4 Å². The Hall–Kier alpha value is -0.200. The maximum Gasteiger partial charge on any atom is 0.0501 e. The van der Waals surface area contributed by atoms with Crippen LogP contribution in [0.15, 0.2) is 22.7 Å². The molecule has 0 aliphatic carbocycles. The van der Waals surface area contributed by atoms with E-state index >= 15 is 0 Å². The third-order valence-corrected chi connectivity index (χ3v) is 1.56. The van der Waals surface area contributed by atoms with Crippen molar-refractivity contribution in [2.75, 3.05) is 0 Å². The van der Waals surface area contributed by atoms with Crippen molar-refractivity contribution in [1.29, 1.82) is 0 Å². The van der Waals surface area contributed by atoms with Gasteiger partial charge >= 0.3 is 0 Å². The molecule has 7 N–H and O–H groups in total. The molecular formula is C4H10ClNO3S. The lowest BCUT2D eigenvalue weighted by molar-refractivity contribution is 0.823. The molecule has 0 bridgehead atoms. The molecule has 0 amide bonds. The van der Waals surface area contributed by atoms with Crippen molar-refractivity contribution in [3.8, 4) is 0 Å². The first-order valence-corrected chi connectivity index (χ1v) is 3.09. The molecule has 0 aromatic rings. The summed E-state index contributed by atoms with van der Waals surface area (Å²) in [7, 11) is 0. The van der Waals surface area contributed by atoms with Gasteiger partial charge in [0, 0.05) is 11.6 Å². The Kier molecular flexibility index (Phi) is 14.4. The van der Waals surface area contributed by atoms with Crippen LogP contribution < -0.4 is 4.72 Å². The number of rotatable bonds is 0. The van der Waals surface area contributed by atoms with E-state index in [1.165, 1.54) is 11.9 Å². The predicted octanol–water partition coefficient (Wildman–Crippen LogP) is -0.642. The fourth-order valence-electron chi connectivity index (χ4n) is 0.283. The molecular weight excluding hydrogens is 178 g/mol. The van der Waals surface area contributed by atoms with Crippen molar-refractivity contribution in [1.82, 2.24) is 4.72 Å². The highest BCUT2D eigenvalue weighted by Gasteiger charge is 1.87. The van der Waals surface area contributed by atoms with Crippen molar-refractivity contribution in [3.05, 3.63) is 22.7 Å². The largest absolute Gasteiger partial charge is 0.412 e. The summed E-state index contributed by atoms with van der Waals surface area (Å²) in [6.45, 7) is 0. The molecule has 1 heterocycles. The number of nitrogens with one attached hydrogen (secondary N) is 1. The molecule has 6 heteroatoms. The van der Waals surface area contributed by atoms with Crippen molar-refractivity contribution in [2.24, 2.45) is 0 Å². The first kappa shape index (κ1) is 16.4. The third-order valence-electron chi connectivity index (χ3n) is 0.550. The van der Waals surface area contributed by atoms with Crippen LogP contribution in [0.2, 0.25) is 0 Å². The second kappa shape index (κ2) is 8.80. The second-order valence-electron chi connectivity index (χ2n) is 1.07. The van der Waals surface area contributed by atoms with Gasteiger partial charge in [0.05, 0.1) is 5.03 Å². The molecule has 0 radical (unpaired) electrons. The summed E-state index contributed by atoms with van der Waals surface area (Å²) in [5.41, 5.74) is 0. The first-order valence-electron chi connectivity index (χ1n) is 1.83. The summed E-state index contributed by atoms with van der Waals surface area (Å²) in [5, 5.41) is 2.62. The molecule has 0 aromatic heterocycles. The van der Waals surface area contributed by atoms with E-state index in [1.807, 2.05) is 5.41 Å². The molecule has 1 aliphatic rings. The summed E-state index contributed by atoms with van der Waals surface area (Å²) in [5.74, 6) is 0. The van der Waals surface area contributed by atoms with Crippen LogP contribution in [-0.2, 0) is 0 Å².